The minimum absolute atomic E-state index is 0.285. The molecule has 2 amide bonds. The largest absolute Gasteiger partial charge is 0.323 e. The summed E-state index contributed by atoms with van der Waals surface area (Å²) in [4.78, 5) is 15.3. The quantitative estimate of drug-likeness (QED) is 0.391. The molecule has 4 aromatic rings. The molecule has 31 heavy (non-hydrogen) atoms. The second kappa shape index (κ2) is 7.93. The summed E-state index contributed by atoms with van der Waals surface area (Å²) in [6.07, 6.45) is 1.99. The number of nitrogens with zero attached hydrogens (tertiary/aromatic N) is 2. The van der Waals surface area contributed by atoms with Gasteiger partial charge in [-0.15, -0.1) is 0 Å². The Morgan fingerprint density at radius 3 is 2.48 bits per heavy atom. The molecule has 154 valence electrons. The molecule has 5 rings (SSSR count). The molecule has 0 radical (unpaired) electrons. The summed E-state index contributed by atoms with van der Waals surface area (Å²) in [7, 11) is 0. The van der Waals surface area contributed by atoms with Gasteiger partial charge in [0.1, 0.15) is 5.82 Å². The number of hydrogen-bond acceptors (Lipinski definition) is 1. The molecule has 3 aromatic carbocycles. The summed E-state index contributed by atoms with van der Waals surface area (Å²) in [6, 6.07) is 24.7. The lowest BCUT2D eigenvalue weighted by atomic mass is 10.0. The normalized spacial score (nSPS) is 15.0. The average molecular weight is 432 g/mol. The smallest absolute Gasteiger partial charge is 0.318 e. The Bertz CT molecular complexity index is 1250. The van der Waals surface area contributed by atoms with Gasteiger partial charge in [0.25, 0.3) is 0 Å². The third-order valence-corrected chi connectivity index (χ3v) is 5.86. The van der Waals surface area contributed by atoms with Crippen LogP contribution in [0.4, 0.5) is 14.9 Å². The van der Waals surface area contributed by atoms with E-state index in [-0.39, 0.29) is 11.8 Å². The van der Waals surface area contributed by atoms with E-state index in [1.165, 1.54) is 12.1 Å². The van der Waals surface area contributed by atoms with Gasteiger partial charge in [-0.1, -0.05) is 54.1 Å². The van der Waals surface area contributed by atoms with Crippen LogP contribution in [0.15, 0.2) is 91.1 Å². The van der Waals surface area contributed by atoms with Gasteiger partial charge in [-0.05, 0) is 53.6 Å². The van der Waals surface area contributed by atoms with Crippen LogP contribution in [0.1, 0.15) is 22.9 Å². The summed E-state index contributed by atoms with van der Waals surface area (Å²) < 4.78 is 15.7. The van der Waals surface area contributed by atoms with Crippen molar-refractivity contribution in [3.8, 4) is 5.69 Å². The monoisotopic (exact) mass is 431 g/mol. The Morgan fingerprint density at radius 1 is 0.935 bits per heavy atom. The van der Waals surface area contributed by atoms with E-state index in [0.717, 1.165) is 22.5 Å². The lowest BCUT2D eigenvalue weighted by molar-refractivity contribution is 0.194. The van der Waals surface area contributed by atoms with Crippen molar-refractivity contribution < 1.29 is 9.18 Å². The van der Waals surface area contributed by atoms with Gasteiger partial charge in [-0.2, -0.15) is 0 Å². The van der Waals surface area contributed by atoms with Crippen molar-refractivity contribution in [1.29, 1.82) is 0 Å². The van der Waals surface area contributed by atoms with E-state index >= 15 is 0 Å². The van der Waals surface area contributed by atoms with Crippen LogP contribution in [0.2, 0.25) is 5.02 Å². The van der Waals surface area contributed by atoms with Crippen LogP contribution in [-0.4, -0.2) is 15.5 Å². The SMILES string of the molecule is O=C(Nc1ccccc1Cl)N1Cc2ccccc2-n2cccc2[C@H]1c1ccc(F)cc1. The summed E-state index contributed by atoms with van der Waals surface area (Å²) in [5.74, 6) is -0.317. The van der Waals surface area contributed by atoms with Gasteiger partial charge >= 0.3 is 6.03 Å². The Hall–Kier alpha value is -3.57. The van der Waals surface area contributed by atoms with Gasteiger partial charge in [0.2, 0.25) is 0 Å². The number of fused-ring (bicyclic) bond motifs is 3. The highest BCUT2D eigenvalue weighted by molar-refractivity contribution is 6.33. The van der Waals surface area contributed by atoms with E-state index in [1.807, 2.05) is 54.7 Å². The van der Waals surface area contributed by atoms with Crippen molar-refractivity contribution in [2.75, 3.05) is 5.32 Å². The number of urea groups is 1. The van der Waals surface area contributed by atoms with E-state index in [9.17, 15) is 9.18 Å². The standard InChI is InChI=1S/C25H19ClFN3O/c26-20-7-2-3-8-21(20)28-25(31)30-16-18-6-1-4-9-22(18)29-15-5-10-23(29)24(30)17-11-13-19(27)14-12-17/h1-15,24H,16H2,(H,28,31)/t24-/m1/s1. The molecule has 0 bridgehead atoms. The van der Waals surface area contributed by atoms with Gasteiger partial charge in [0.15, 0.2) is 0 Å². The fourth-order valence-electron chi connectivity index (χ4n) is 4.08. The van der Waals surface area contributed by atoms with Crippen LogP contribution in [0.25, 0.3) is 5.69 Å². The first-order valence-electron chi connectivity index (χ1n) is 9.95. The third-order valence-electron chi connectivity index (χ3n) is 5.53. The minimum atomic E-state index is -0.412. The van der Waals surface area contributed by atoms with E-state index in [1.54, 1.807) is 29.2 Å². The number of para-hydroxylation sites is 2. The fraction of sp³-hybridized carbons (Fsp3) is 0.0800. The Morgan fingerprint density at radius 2 is 1.68 bits per heavy atom. The molecule has 0 fully saturated rings. The number of benzene rings is 3. The molecule has 0 saturated carbocycles. The lowest BCUT2D eigenvalue weighted by Crippen LogP contribution is -2.38. The van der Waals surface area contributed by atoms with Gasteiger partial charge in [0.05, 0.1) is 29.0 Å². The molecule has 0 saturated heterocycles. The third kappa shape index (κ3) is 3.57. The number of halogens is 2. The molecule has 4 nitrogen and oxygen atoms in total. The Kier molecular flexibility index (Phi) is 4.96. The van der Waals surface area contributed by atoms with E-state index in [4.69, 9.17) is 11.6 Å². The highest BCUT2D eigenvalue weighted by Crippen LogP contribution is 2.37. The molecule has 6 heteroatoms. The predicted molar refractivity (Wildman–Crippen MR) is 120 cm³/mol. The van der Waals surface area contributed by atoms with Crippen molar-refractivity contribution in [3.05, 3.63) is 119 Å². The number of carbonyl (C=O) groups excluding carboxylic acids is 1. The zero-order valence-corrected chi connectivity index (χ0v) is 17.3. The maximum atomic E-state index is 13.7. The number of amides is 2. The summed E-state index contributed by atoms with van der Waals surface area (Å²) in [5.41, 5.74) is 4.32. The molecule has 0 spiro atoms. The maximum absolute atomic E-state index is 13.7. The van der Waals surface area contributed by atoms with Gasteiger partial charge in [0, 0.05) is 11.9 Å². The second-order valence-corrected chi connectivity index (χ2v) is 7.83. The Balaban J connectivity index is 1.64. The first-order chi connectivity index (χ1) is 15.1. The average Bonchev–Trinajstić information content (AvgIpc) is 3.20. The Labute approximate surface area is 184 Å². The van der Waals surface area contributed by atoms with E-state index in [2.05, 4.69) is 9.88 Å². The van der Waals surface area contributed by atoms with Gasteiger partial charge < -0.3 is 14.8 Å². The van der Waals surface area contributed by atoms with Crippen LogP contribution < -0.4 is 5.32 Å². The number of nitrogens with one attached hydrogen (secondary N) is 1. The van der Waals surface area contributed by atoms with Gasteiger partial charge in [-0.25, -0.2) is 9.18 Å². The highest BCUT2D eigenvalue weighted by atomic mass is 35.5. The molecular weight excluding hydrogens is 413 g/mol. The zero-order chi connectivity index (χ0) is 21.4. The number of carbonyl (C=O) groups is 1. The predicted octanol–water partition coefficient (Wildman–Crippen LogP) is 6.41. The molecule has 1 aromatic heterocycles. The number of aromatic nitrogens is 1. The zero-order valence-electron chi connectivity index (χ0n) is 16.5. The fourth-order valence-corrected chi connectivity index (χ4v) is 4.27. The molecule has 1 aliphatic rings. The van der Waals surface area contributed by atoms with Crippen molar-refractivity contribution in [2.45, 2.75) is 12.6 Å². The topological polar surface area (TPSA) is 37.3 Å². The number of hydrogen-bond donors (Lipinski definition) is 1. The number of anilines is 1. The van der Waals surface area contributed by atoms with Gasteiger partial charge in [-0.3, -0.25) is 0 Å². The first kappa shape index (κ1) is 19.4. The van der Waals surface area contributed by atoms with E-state index < -0.39 is 6.04 Å². The molecule has 2 heterocycles. The van der Waals surface area contributed by atoms with Crippen LogP contribution in [0.3, 0.4) is 0 Å². The molecular formula is C25H19ClFN3O. The van der Waals surface area contributed by atoms with Crippen LogP contribution in [0.5, 0.6) is 0 Å². The lowest BCUT2D eigenvalue weighted by Gasteiger charge is -2.31. The summed E-state index contributed by atoms with van der Waals surface area (Å²) in [6.45, 7) is 0.385. The first-order valence-corrected chi connectivity index (χ1v) is 10.3. The molecule has 1 aliphatic heterocycles. The van der Waals surface area contributed by atoms with Crippen molar-refractivity contribution >= 4 is 23.3 Å². The van der Waals surface area contributed by atoms with Crippen molar-refractivity contribution in [1.82, 2.24) is 9.47 Å². The summed E-state index contributed by atoms with van der Waals surface area (Å²) in [5, 5.41) is 3.41. The molecule has 1 atom stereocenters. The van der Waals surface area contributed by atoms with Crippen molar-refractivity contribution in [3.63, 3.8) is 0 Å². The number of rotatable bonds is 2. The second-order valence-electron chi connectivity index (χ2n) is 7.42. The molecule has 1 N–H and O–H groups in total. The summed E-state index contributed by atoms with van der Waals surface area (Å²) >= 11 is 6.28. The molecule has 0 aliphatic carbocycles. The minimum Gasteiger partial charge on any atom is -0.318 e. The van der Waals surface area contributed by atoms with Crippen LogP contribution >= 0.6 is 11.6 Å². The van der Waals surface area contributed by atoms with E-state index in [0.29, 0.717) is 17.3 Å². The highest BCUT2D eigenvalue weighted by Gasteiger charge is 2.33. The molecule has 0 unspecified atom stereocenters. The van der Waals surface area contributed by atoms with Crippen LogP contribution in [-0.2, 0) is 6.54 Å². The van der Waals surface area contributed by atoms with Crippen molar-refractivity contribution in [2.24, 2.45) is 0 Å². The maximum Gasteiger partial charge on any atom is 0.323 e. The van der Waals surface area contributed by atoms with Crippen LogP contribution in [0, 0.1) is 5.82 Å².